The van der Waals surface area contributed by atoms with Gasteiger partial charge in [0.2, 0.25) is 5.91 Å². The molecule has 0 radical (unpaired) electrons. The molecule has 26 heavy (non-hydrogen) atoms. The summed E-state index contributed by atoms with van der Waals surface area (Å²) in [6, 6.07) is 9.74. The first-order valence-electron chi connectivity index (χ1n) is 9.77. The molecule has 2 rings (SSSR count). The maximum atomic E-state index is 12.3. The van der Waals surface area contributed by atoms with E-state index in [-0.39, 0.29) is 23.8 Å². The molecule has 1 aromatic carbocycles. The largest absolute Gasteiger partial charge is 0.480 e. The van der Waals surface area contributed by atoms with Crippen molar-refractivity contribution in [2.24, 2.45) is 5.92 Å². The number of nitrogens with one attached hydrogen (secondary N) is 2. The lowest BCUT2D eigenvalue weighted by molar-refractivity contribution is -0.141. The molecule has 5 heteroatoms. The Labute approximate surface area is 156 Å². The van der Waals surface area contributed by atoms with Crippen LogP contribution in [0.4, 0.5) is 0 Å². The number of carboxylic acids is 1. The number of carboxylic acid groups (broad SMARTS) is 1. The fourth-order valence-electron chi connectivity index (χ4n) is 3.89. The molecular formula is C21H32N2O3. The highest BCUT2D eigenvalue weighted by atomic mass is 16.4. The van der Waals surface area contributed by atoms with Crippen LogP contribution in [0, 0.1) is 5.92 Å². The monoisotopic (exact) mass is 360 g/mol. The first-order valence-corrected chi connectivity index (χ1v) is 9.77. The van der Waals surface area contributed by atoms with Crippen LogP contribution in [0.25, 0.3) is 0 Å². The summed E-state index contributed by atoms with van der Waals surface area (Å²) in [5, 5.41) is 15.3. The number of rotatable bonds is 9. The van der Waals surface area contributed by atoms with Crippen molar-refractivity contribution in [3.05, 3.63) is 35.9 Å². The van der Waals surface area contributed by atoms with E-state index in [4.69, 9.17) is 0 Å². The van der Waals surface area contributed by atoms with Crippen LogP contribution in [-0.2, 0) is 15.0 Å². The zero-order valence-electron chi connectivity index (χ0n) is 16.0. The van der Waals surface area contributed by atoms with Crippen LogP contribution in [-0.4, -0.2) is 36.1 Å². The molecule has 0 saturated heterocycles. The molecule has 2 atom stereocenters. The smallest absolute Gasteiger partial charge is 0.320 e. The van der Waals surface area contributed by atoms with Gasteiger partial charge < -0.3 is 10.4 Å². The third kappa shape index (κ3) is 5.31. The molecule has 1 fully saturated rings. The molecule has 0 heterocycles. The summed E-state index contributed by atoms with van der Waals surface area (Å²) in [5.74, 6) is -1.06. The Hall–Kier alpha value is -1.88. The van der Waals surface area contributed by atoms with E-state index in [1.165, 1.54) is 24.8 Å². The summed E-state index contributed by atoms with van der Waals surface area (Å²) in [5.41, 5.74) is 1.29. The van der Waals surface area contributed by atoms with Crippen molar-refractivity contribution in [1.29, 1.82) is 0 Å². The maximum Gasteiger partial charge on any atom is 0.320 e. The molecule has 0 bridgehead atoms. The molecule has 1 aliphatic rings. The van der Waals surface area contributed by atoms with Crippen molar-refractivity contribution in [3.8, 4) is 0 Å². The van der Waals surface area contributed by atoms with Crippen LogP contribution in [0.3, 0.4) is 0 Å². The summed E-state index contributed by atoms with van der Waals surface area (Å²) in [7, 11) is 0. The van der Waals surface area contributed by atoms with Gasteiger partial charge in [0.05, 0.1) is 6.54 Å². The first-order chi connectivity index (χ1) is 12.5. The third-order valence-electron chi connectivity index (χ3n) is 5.78. The zero-order chi connectivity index (χ0) is 19.0. The lowest BCUT2D eigenvalue weighted by Crippen LogP contribution is -2.49. The summed E-state index contributed by atoms with van der Waals surface area (Å²) in [6.07, 6.45) is 6.52. The van der Waals surface area contributed by atoms with Gasteiger partial charge in [0, 0.05) is 12.0 Å². The number of carbonyl (C=O) groups is 2. The van der Waals surface area contributed by atoms with Gasteiger partial charge in [-0.1, -0.05) is 69.9 Å². The lowest BCUT2D eigenvalue weighted by Gasteiger charge is -2.38. The van der Waals surface area contributed by atoms with Crippen molar-refractivity contribution < 1.29 is 14.7 Å². The molecule has 144 valence electrons. The van der Waals surface area contributed by atoms with E-state index in [0.717, 1.165) is 19.3 Å². The quantitative estimate of drug-likeness (QED) is 0.632. The van der Waals surface area contributed by atoms with Crippen LogP contribution in [0.5, 0.6) is 0 Å². The van der Waals surface area contributed by atoms with Crippen molar-refractivity contribution in [2.75, 3.05) is 13.1 Å². The molecule has 1 aliphatic carbocycles. The van der Waals surface area contributed by atoms with Crippen molar-refractivity contribution in [3.63, 3.8) is 0 Å². The molecule has 1 saturated carbocycles. The molecule has 5 nitrogen and oxygen atoms in total. The molecule has 1 aromatic rings. The average Bonchev–Trinajstić information content (AvgIpc) is 2.67. The molecule has 0 aliphatic heterocycles. The van der Waals surface area contributed by atoms with E-state index < -0.39 is 12.0 Å². The Kier molecular flexibility index (Phi) is 7.64. The van der Waals surface area contributed by atoms with Crippen LogP contribution >= 0.6 is 0 Å². The Balaban J connectivity index is 1.94. The minimum Gasteiger partial charge on any atom is -0.480 e. The fraction of sp³-hybridized carbons (Fsp3) is 0.619. The standard InChI is InChI=1S/C21H32N2O3/c1-3-16(2)19(20(25)26)22-14-18(24)23-15-21(12-8-5-9-13-21)17-10-6-4-7-11-17/h4,6-7,10-11,16,19,22H,3,5,8-9,12-15H2,1-2H3,(H,23,24)(H,25,26)/t16-,19-/m0/s1. The zero-order valence-corrected chi connectivity index (χ0v) is 16.0. The van der Waals surface area contributed by atoms with Gasteiger partial charge in [-0.15, -0.1) is 0 Å². The Morgan fingerprint density at radius 1 is 1.15 bits per heavy atom. The van der Waals surface area contributed by atoms with E-state index in [0.29, 0.717) is 6.54 Å². The number of hydrogen-bond acceptors (Lipinski definition) is 3. The fourth-order valence-corrected chi connectivity index (χ4v) is 3.89. The van der Waals surface area contributed by atoms with Crippen molar-refractivity contribution in [1.82, 2.24) is 10.6 Å². The van der Waals surface area contributed by atoms with E-state index in [1.54, 1.807) is 0 Å². The van der Waals surface area contributed by atoms with Gasteiger partial charge in [0.15, 0.2) is 0 Å². The Morgan fingerprint density at radius 3 is 2.38 bits per heavy atom. The van der Waals surface area contributed by atoms with Crippen molar-refractivity contribution in [2.45, 2.75) is 63.8 Å². The molecular weight excluding hydrogens is 328 g/mol. The highest BCUT2D eigenvalue weighted by Crippen LogP contribution is 2.38. The number of benzene rings is 1. The van der Waals surface area contributed by atoms with Gasteiger partial charge in [0.25, 0.3) is 0 Å². The van der Waals surface area contributed by atoms with E-state index in [9.17, 15) is 14.7 Å². The van der Waals surface area contributed by atoms with E-state index >= 15 is 0 Å². The first kappa shape index (κ1) is 20.4. The molecule has 0 aromatic heterocycles. The predicted octanol–water partition coefficient (Wildman–Crippen LogP) is 3.09. The summed E-state index contributed by atoms with van der Waals surface area (Å²) < 4.78 is 0. The van der Waals surface area contributed by atoms with Crippen LogP contribution < -0.4 is 10.6 Å². The Morgan fingerprint density at radius 2 is 1.81 bits per heavy atom. The third-order valence-corrected chi connectivity index (χ3v) is 5.78. The van der Waals surface area contributed by atoms with Gasteiger partial charge in [0.1, 0.15) is 6.04 Å². The molecule has 1 amide bonds. The van der Waals surface area contributed by atoms with E-state index in [2.05, 4.69) is 34.9 Å². The minimum atomic E-state index is -0.903. The SMILES string of the molecule is CC[C@H](C)[C@H](NCC(=O)NCC1(c2ccccc2)CCCCC1)C(=O)O. The summed E-state index contributed by atoms with van der Waals surface area (Å²) in [6.45, 7) is 4.48. The van der Waals surface area contributed by atoms with Crippen LogP contribution in [0.15, 0.2) is 30.3 Å². The van der Waals surface area contributed by atoms with Crippen LogP contribution in [0.1, 0.15) is 57.9 Å². The highest BCUT2D eigenvalue weighted by Gasteiger charge is 2.34. The number of carbonyl (C=O) groups excluding carboxylic acids is 1. The average molecular weight is 360 g/mol. The number of aliphatic carboxylic acids is 1. The van der Waals surface area contributed by atoms with Crippen molar-refractivity contribution >= 4 is 11.9 Å². The second-order valence-electron chi connectivity index (χ2n) is 7.57. The van der Waals surface area contributed by atoms with Gasteiger partial charge in [-0.25, -0.2) is 0 Å². The second-order valence-corrected chi connectivity index (χ2v) is 7.57. The maximum absolute atomic E-state index is 12.3. The molecule has 0 spiro atoms. The minimum absolute atomic E-state index is 0.00191. The van der Waals surface area contributed by atoms with Crippen LogP contribution in [0.2, 0.25) is 0 Å². The van der Waals surface area contributed by atoms with Gasteiger partial charge in [-0.3, -0.25) is 14.9 Å². The number of hydrogen-bond donors (Lipinski definition) is 3. The normalized spacial score (nSPS) is 18.7. The second kappa shape index (κ2) is 9.72. The summed E-state index contributed by atoms with van der Waals surface area (Å²) in [4.78, 5) is 23.7. The topological polar surface area (TPSA) is 78.4 Å². The summed E-state index contributed by atoms with van der Waals surface area (Å²) >= 11 is 0. The highest BCUT2D eigenvalue weighted by molar-refractivity contribution is 5.80. The molecule has 3 N–H and O–H groups in total. The van der Waals surface area contributed by atoms with Gasteiger partial charge >= 0.3 is 5.97 Å². The lowest BCUT2D eigenvalue weighted by atomic mass is 9.69. The van der Waals surface area contributed by atoms with E-state index in [1.807, 2.05) is 19.9 Å². The molecule has 0 unspecified atom stereocenters. The van der Waals surface area contributed by atoms with Gasteiger partial charge in [-0.2, -0.15) is 0 Å². The Bertz CT molecular complexity index is 582. The number of amides is 1. The van der Waals surface area contributed by atoms with Gasteiger partial charge in [-0.05, 0) is 24.3 Å². The predicted molar refractivity (Wildman–Crippen MR) is 103 cm³/mol.